The summed E-state index contributed by atoms with van der Waals surface area (Å²) in [5, 5.41) is 0. The molecule has 164 valence electrons. The Labute approximate surface area is 188 Å². The molecule has 0 saturated heterocycles. The Morgan fingerprint density at radius 1 is 1.06 bits per heavy atom. The summed E-state index contributed by atoms with van der Waals surface area (Å²) in [5.41, 5.74) is 3.74. The fourth-order valence-corrected chi connectivity index (χ4v) is 3.04. The molecule has 0 aliphatic heterocycles. The van der Waals surface area contributed by atoms with Gasteiger partial charge in [-0.15, -0.1) is 12.8 Å². The number of nitrogens with zero attached hydrogens (tertiary/aromatic N) is 5. The third-order valence-electron chi connectivity index (χ3n) is 4.92. The Bertz CT molecular complexity index is 1170. The van der Waals surface area contributed by atoms with Crippen LogP contribution in [0.15, 0.2) is 55.1 Å². The quantitative estimate of drug-likeness (QED) is 0.434. The number of aromatic nitrogens is 5. The summed E-state index contributed by atoms with van der Waals surface area (Å²) in [6, 6.07) is 9.67. The van der Waals surface area contributed by atoms with Crippen LogP contribution in [-0.4, -0.2) is 38.1 Å². The van der Waals surface area contributed by atoms with Crippen molar-refractivity contribution < 1.29 is 9.47 Å². The molecule has 1 aliphatic carbocycles. The zero-order valence-electron chi connectivity index (χ0n) is 18.6. The topological polar surface area (TPSA) is 74.4 Å². The Hall–Kier alpha value is -3.92. The molecular weight excluding hydrogens is 402 g/mol. The van der Waals surface area contributed by atoms with Gasteiger partial charge in [-0.25, -0.2) is 9.97 Å². The molecule has 0 aromatic carbocycles. The van der Waals surface area contributed by atoms with Crippen LogP contribution in [0.2, 0.25) is 0 Å². The van der Waals surface area contributed by atoms with Crippen LogP contribution in [0.25, 0.3) is 16.9 Å². The van der Waals surface area contributed by atoms with Crippen LogP contribution in [-0.2, 0) is 0 Å². The van der Waals surface area contributed by atoms with E-state index >= 15 is 0 Å². The summed E-state index contributed by atoms with van der Waals surface area (Å²) in [5.74, 6) is 2.85. The van der Waals surface area contributed by atoms with Crippen molar-refractivity contribution in [2.75, 3.05) is 13.7 Å². The highest BCUT2D eigenvalue weighted by molar-refractivity contribution is 5.69. The van der Waals surface area contributed by atoms with Gasteiger partial charge in [0.15, 0.2) is 0 Å². The first-order valence-electron chi connectivity index (χ1n) is 10.3. The molecule has 0 spiro atoms. The first-order valence-corrected chi connectivity index (χ1v) is 10.3. The maximum Gasteiger partial charge on any atom is 0.226 e. The molecule has 32 heavy (non-hydrogen) atoms. The number of hydrogen-bond acceptors (Lipinski definition) is 6. The predicted molar refractivity (Wildman–Crippen MR) is 125 cm³/mol. The van der Waals surface area contributed by atoms with E-state index in [1.807, 2.05) is 49.6 Å². The van der Waals surface area contributed by atoms with E-state index in [1.54, 1.807) is 19.5 Å². The molecule has 4 heterocycles. The van der Waals surface area contributed by atoms with Gasteiger partial charge in [0.25, 0.3) is 0 Å². The van der Waals surface area contributed by atoms with Crippen molar-refractivity contribution in [2.45, 2.75) is 26.7 Å². The monoisotopic (exact) mass is 429 g/mol. The van der Waals surface area contributed by atoms with Crippen LogP contribution in [0.1, 0.15) is 24.4 Å². The van der Waals surface area contributed by atoms with Gasteiger partial charge in [-0.05, 0) is 56.9 Å². The first-order chi connectivity index (χ1) is 15.7. The molecule has 1 fully saturated rings. The molecule has 4 aromatic heterocycles. The zero-order chi connectivity index (χ0) is 22.9. The largest absolute Gasteiger partial charge is 0.495 e. The van der Waals surface area contributed by atoms with E-state index in [9.17, 15) is 0 Å². The van der Waals surface area contributed by atoms with Gasteiger partial charge in [0.2, 0.25) is 5.88 Å². The third kappa shape index (κ3) is 5.61. The number of imidazole rings is 1. The molecular formula is C25H27N5O2. The fraction of sp³-hybridized carbons (Fsp3) is 0.280. The molecule has 1 aliphatic rings. The minimum atomic E-state index is 0.644. The van der Waals surface area contributed by atoms with Gasteiger partial charge in [-0.2, -0.15) is 4.98 Å². The van der Waals surface area contributed by atoms with Gasteiger partial charge in [-0.3, -0.25) is 4.98 Å². The van der Waals surface area contributed by atoms with E-state index in [-0.39, 0.29) is 0 Å². The highest BCUT2D eigenvalue weighted by Gasteiger charge is 2.24. The van der Waals surface area contributed by atoms with E-state index in [1.165, 1.54) is 12.8 Å². The van der Waals surface area contributed by atoms with Crippen molar-refractivity contribution in [3.8, 4) is 35.7 Å². The van der Waals surface area contributed by atoms with E-state index < -0.39 is 0 Å². The molecule has 0 radical (unpaired) electrons. The molecule has 0 bridgehead atoms. The Balaban J connectivity index is 0.000000244. The maximum absolute atomic E-state index is 5.95. The van der Waals surface area contributed by atoms with Crippen molar-refractivity contribution in [1.29, 1.82) is 0 Å². The average molecular weight is 430 g/mol. The van der Waals surface area contributed by atoms with Gasteiger partial charge < -0.3 is 13.9 Å². The number of fused-ring (bicyclic) bond motifs is 1. The summed E-state index contributed by atoms with van der Waals surface area (Å²) in [4.78, 5) is 17.4. The Kier molecular flexibility index (Phi) is 7.76. The van der Waals surface area contributed by atoms with Gasteiger partial charge in [-0.1, -0.05) is 6.07 Å². The van der Waals surface area contributed by atoms with E-state index in [4.69, 9.17) is 14.5 Å². The minimum absolute atomic E-state index is 0.644. The molecule has 7 heteroatoms. The van der Waals surface area contributed by atoms with Crippen molar-refractivity contribution in [3.63, 3.8) is 0 Å². The maximum atomic E-state index is 5.95. The lowest BCUT2D eigenvalue weighted by atomic mass is 10.2. The smallest absolute Gasteiger partial charge is 0.226 e. The zero-order valence-corrected chi connectivity index (χ0v) is 18.6. The normalized spacial score (nSPS) is 12.2. The van der Waals surface area contributed by atoms with Crippen molar-refractivity contribution >= 4 is 5.65 Å². The lowest BCUT2D eigenvalue weighted by Crippen LogP contribution is -2.04. The molecule has 1 saturated carbocycles. The standard InChI is InChI=1S/C17H18N4O.C6H7NO.C2H2/c1-11-16(20-15-5-3-4-8-21(11)15)14-9-18-12(2)19-17(14)22-10-13-6-7-13;1-8-6-3-2-4-7-5-6;1-2/h3-5,8-9,13H,6-7,10H2,1-2H3;2-5H,1H3;1-2H. The molecule has 0 amide bonds. The van der Waals surface area contributed by atoms with E-state index in [0.29, 0.717) is 11.8 Å². The van der Waals surface area contributed by atoms with Crippen molar-refractivity contribution in [3.05, 3.63) is 66.6 Å². The lowest BCUT2D eigenvalue weighted by molar-refractivity contribution is 0.288. The number of pyridine rings is 2. The molecule has 0 unspecified atom stereocenters. The van der Waals surface area contributed by atoms with Crippen LogP contribution in [0.4, 0.5) is 0 Å². The number of ether oxygens (including phenoxy) is 2. The number of aryl methyl sites for hydroxylation is 2. The second kappa shape index (κ2) is 10.9. The van der Waals surface area contributed by atoms with Crippen LogP contribution < -0.4 is 9.47 Å². The third-order valence-corrected chi connectivity index (χ3v) is 4.92. The highest BCUT2D eigenvalue weighted by atomic mass is 16.5. The van der Waals surface area contributed by atoms with Crippen molar-refractivity contribution in [1.82, 2.24) is 24.3 Å². The first kappa shape index (κ1) is 22.8. The van der Waals surface area contributed by atoms with Gasteiger partial charge in [0, 0.05) is 24.3 Å². The number of hydrogen-bond donors (Lipinski definition) is 0. The summed E-state index contributed by atoms with van der Waals surface area (Å²) in [6.07, 6.45) is 17.7. The molecule has 0 N–H and O–H groups in total. The summed E-state index contributed by atoms with van der Waals surface area (Å²) in [7, 11) is 1.62. The molecule has 7 nitrogen and oxygen atoms in total. The molecule has 4 aromatic rings. The van der Waals surface area contributed by atoms with Crippen molar-refractivity contribution in [2.24, 2.45) is 5.92 Å². The Morgan fingerprint density at radius 3 is 2.50 bits per heavy atom. The van der Waals surface area contributed by atoms with Crippen LogP contribution >= 0.6 is 0 Å². The minimum Gasteiger partial charge on any atom is -0.495 e. The SMILES string of the molecule is C#C.COc1cccnc1.Cc1ncc(-c2nc3ccccn3c2C)c(OCC2CC2)n1. The van der Waals surface area contributed by atoms with E-state index in [0.717, 1.165) is 40.8 Å². The number of methoxy groups -OCH3 is 1. The van der Waals surface area contributed by atoms with Gasteiger partial charge >= 0.3 is 0 Å². The predicted octanol–water partition coefficient (Wildman–Crippen LogP) is 4.54. The highest BCUT2D eigenvalue weighted by Crippen LogP contribution is 2.33. The fourth-order valence-electron chi connectivity index (χ4n) is 3.04. The summed E-state index contributed by atoms with van der Waals surface area (Å²) >= 11 is 0. The Morgan fingerprint density at radius 2 is 1.88 bits per heavy atom. The number of rotatable bonds is 5. The van der Waals surface area contributed by atoms with Crippen LogP contribution in [0.5, 0.6) is 11.6 Å². The average Bonchev–Trinajstić information content (AvgIpc) is 3.62. The van der Waals surface area contributed by atoms with E-state index in [2.05, 4.69) is 39.1 Å². The molecule has 5 rings (SSSR count). The second-order valence-electron chi connectivity index (χ2n) is 7.26. The summed E-state index contributed by atoms with van der Waals surface area (Å²) in [6.45, 7) is 4.67. The van der Waals surface area contributed by atoms with Crippen LogP contribution in [0, 0.1) is 32.6 Å². The van der Waals surface area contributed by atoms with Crippen LogP contribution in [0.3, 0.4) is 0 Å². The number of terminal acetylenes is 1. The van der Waals surface area contributed by atoms with Gasteiger partial charge in [0.1, 0.15) is 17.2 Å². The lowest BCUT2D eigenvalue weighted by Gasteiger charge is -2.09. The second-order valence-corrected chi connectivity index (χ2v) is 7.26. The molecule has 0 atom stereocenters. The summed E-state index contributed by atoms with van der Waals surface area (Å²) < 4.78 is 12.9. The van der Waals surface area contributed by atoms with Gasteiger partial charge in [0.05, 0.1) is 31.2 Å².